The van der Waals surface area contributed by atoms with Crippen molar-refractivity contribution in [3.63, 3.8) is 0 Å². The van der Waals surface area contributed by atoms with Crippen molar-refractivity contribution in [2.45, 2.75) is 12.5 Å². The lowest BCUT2D eigenvalue weighted by Crippen LogP contribution is -2.15. The van der Waals surface area contributed by atoms with Gasteiger partial charge in [0.15, 0.2) is 0 Å². The van der Waals surface area contributed by atoms with Crippen LogP contribution < -0.4 is 11.1 Å². The second-order valence-electron chi connectivity index (χ2n) is 4.68. The van der Waals surface area contributed by atoms with Gasteiger partial charge in [0.1, 0.15) is 5.82 Å². The minimum Gasteiger partial charge on any atom is -0.396 e. The van der Waals surface area contributed by atoms with Gasteiger partial charge in [0.2, 0.25) is 5.91 Å². The highest BCUT2D eigenvalue weighted by Crippen LogP contribution is 2.31. The van der Waals surface area contributed by atoms with Crippen LogP contribution in [-0.2, 0) is 4.79 Å². The van der Waals surface area contributed by atoms with Gasteiger partial charge in [-0.1, -0.05) is 35.3 Å². The molecule has 0 aliphatic heterocycles. The molecule has 22 heavy (non-hydrogen) atoms. The van der Waals surface area contributed by atoms with Crippen molar-refractivity contribution < 1.29 is 14.3 Å². The standard InChI is InChI=1S/C15H13Cl2FN2O2/c16-11-5-10(6-12(17)15(11)19)20-14(22)7-13(21)8-2-1-3-9(18)4-8/h1-6,13,21H,7,19H2,(H,20,22). The van der Waals surface area contributed by atoms with E-state index in [1.807, 2.05) is 0 Å². The first kappa shape index (κ1) is 16.5. The van der Waals surface area contributed by atoms with Crippen molar-refractivity contribution >= 4 is 40.5 Å². The van der Waals surface area contributed by atoms with Gasteiger partial charge < -0.3 is 16.2 Å². The van der Waals surface area contributed by atoms with Crippen LogP contribution in [0.25, 0.3) is 0 Å². The molecule has 0 aliphatic rings. The van der Waals surface area contributed by atoms with Crippen molar-refractivity contribution in [2.24, 2.45) is 0 Å². The highest BCUT2D eigenvalue weighted by molar-refractivity contribution is 6.39. The number of hydrogen-bond donors (Lipinski definition) is 3. The van der Waals surface area contributed by atoms with Gasteiger partial charge in [0.05, 0.1) is 28.3 Å². The van der Waals surface area contributed by atoms with Crippen LogP contribution in [0.1, 0.15) is 18.1 Å². The third kappa shape index (κ3) is 4.10. The summed E-state index contributed by atoms with van der Waals surface area (Å²) in [5, 5.41) is 12.9. The molecule has 0 spiro atoms. The summed E-state index contributed by atoms with van der Waals surface area (Å²) >= 11 is 11.7. The number of benzene rings is 2. The number of anilines is 2. The number of nitrogen functional groups attached to an aromatic ring is 1. The third-order valence-corrected chi connectivity index (χ3v) is 3.60. The summed E-state index contributed by atoms with van der Waals surface area (Å²) in [4.78, 5) is 11.9. The number of carbonyl (C=O) groups is 1. The number of amides is 1. The van der Waals surface area contributed by atoms with Gasteiger partial charge in [-0.3, -0.25) is 4.79 Å². The largest absolute Gasteiger partial charge is 0.396 e. The molecule has 0 heterocycles. The van der Waals surface area contributed by atoms with Gasteiger partial charge >= 0.3 is 0 Å². The maximum atomic E-state index is 13.1. The Morgan fingerprint density at radius 3 is 2.50 bits per heavy atom. The van der Waals surface area contributed by atoms with Crippen LogP contribution in [-0.4, -0.2) is 11.0 Å². The Morgan fingerprint density at radius 1 is 1.27 bits per heavy atom. The van der Waals surface area contributed by atoms with E-state index in [1.54, 1.807) is 0 Å². The molecule has 0 aliphatic carbocycles. The van der Waals surface area contributed by atoms with E-state index in [9.17, 15) is 14.3 Å². The topological polar surface area (TPSA) is 75.3 Å². The zero-order valence-electron chi connectivity index (χ0n) is 11.3. The first-order chi connectivity index (χ1) is 10.4. The summed E-state index contributed by atoms with van der Waals surface area (Å²) in [6.45, 7) is 0. The van der Waals surface area contributed by atoms with Crippen LogP contribution in [0.2, 0.25) is 10.0 Å². The lowest BCUT2D eigenvalue weighted by atomic mass is 10.1. The first-order valence-corrected chi connectivity index (χ1v) is 7.10. The predicted molar refractivity (Wildman–Crippen MR) is 85.5 cm³/mol. The molecule has 2 aromatic rings. The second-order valence-corrected chi connectivity index (χ2v) is 5.49. The van der Waals surface area contributed by atoms with Crippen molar-refractivity contribution in [3.05, 3.63) is 57.8 Å². The van der Waals surface area contributed by atoms with Crippen LogP contribution in [0.5, 0.6) is 0 Å². The number of halogens is 3. The number of rotatable bonds is 4. The van der Waals surface area contributed by atoms with Crippen molar-refractivity contribution in [1.29, 1.82) is 0 Å². The fourth-order valence-corrected chi connectivity index (χ4v) is 2.36. The molecule has 4 N–H and O–H groups in total. The Kier molecular flexibility index (Phi) is 5.24. The maximum absolute atomic E-state index is 13.1. The first-order valence-electron chi connectivity index (χ1n) is 6.34. The molecule has 0 bridgehead atoms. The van der Waals surface area contributed by atoms with Crippen LogP contribution >= 0.6 is 23.2 Å². The molecule has 0 saturated heterocycles. The number of aliphatic hydroxyl groups is 1. The van der Waals surface area contributed by atoms with Crippen molar-refractivity contribution in [2.75, 3.05) is 11.1 Å². The van der Waals surface area contributed by atoms with Crippen LogP contribution in [0.3, 0.4) is 0 Å². The molecule has 1 unspecified atom stereocenters. The monoisotopic (exact) mass is 342 g/mol. The van der Waals surface area contributed by atoms with E-state index in [0.29, 0.717) is 11.3 Å². The highest BCUT2D eigenvalue weighted by Gasteiger charge is 2.15. The van der Waals surface area contributed by atoms with Crippen molar-refractivity contribution in [1.82, 2.24) is 0 Å². The smallest absolute Gasteiger partial charge is 0.227 e. The Morgan fingerprint density at radius 2 is 1.91 bits per heavy atom. The lowest BCUT2D eigenvalue weighted by molar-refractivity contribution is -0.118. The zero-order chi connectivity index (χ0) is 16.3. The molecule has 0 saturated carbocycles. The molecule has 2 aromatic carbocycles. The number of carbonyl (C=O) groups excluding carboxylic acids is 1. The Bertz CT molecular complexity index is 687. The van der Waals surface area contributed by atoms with E-state index in [1.165, 1.54) is 36.4 Å². The number of hydrogen-bond acceptors (Lipinski definition) is 3. The summed E-state index contributed by atoms with van der Waals surface area (Å²) < 4.78 is 13.1. The van der Waals surface area contributed by atoms with Gasteiger partial charge in [0, 0.05) is 5.69 Å². The van der Waals surface area contributed by atoms with E-state index >= 15 is 0 Å². The van der Waals surface area contributed by atoms with E-state index in [0.717, 1.165) is 0 Å². The minimum atomic E-state index is -1.12. The van der Waals surface area contributed by atoms with E-state index in [-0.39, 0.29) is 22.2 Å². The van der Waals surface area contributed by atoms with Gasteiger partial charge in [-0.05, 0) is 29.8 Å². The minimum absolute atomic E-state index is 0.216. The summed E-state index contributed by atoms with van der Waals surface area (Å²) in [6, 6.07) is 8.34. The van der Waals surface area contributed by atoms with Crippen LogP contribution in [0.4, 0.5) is 15.8 Å². The molecule has 4 nitrogen and oxygen atoms in total. The Balaban J connectivity index is 2.04. The Labute approximate surface area is 136 Å². The zero-order valence-corrected chi connectivity index (χ0v) is 12.8. The molecule has 2 rings (SSSR count). The summed E-state index contributed by atoms with van der Waals surface area (Å²) in [6.07, 6.45) is -1.35. The number of nitrogens with two attached hydrogens (primary N) is 1. The fourth-order valence-electron chi connectivity index (χ4n) is 1.88. The fraction of sp³-hybridized carbons (Fsp3) is 0.133. The molecule has 7 heteroatoms. The maximum Gasteiger partial charge on any atom is 0.227 e. The molecule has 0 fully saturated rings. The quantitative estimate of drug-likeness (QED) is 0.740. The average molecular weight is 343 g/mol. The third-order valence-electron chi connectivity index (χ3n) is 2.98. The molecule has 116 valence electrons. The Hall–Kier alpha value is -1.82. The molecule has 1 atom stereocenters. The SMILES string of the molecule is Nc1c(Cl)cc(NC(=O)CC(O)c2cccc(F)c2)cc1Cl. The number of nitrogens with one attached hydrogen (secondary N) is 1. The predicted octanol–water partition coefficient (Wildman–Crippen LogP) is 3.78. The lowest BCUT2D eigenvalue weighted by Gasteiger charge is -2.12. The van der Waals surface area contributed by atoms with Crippen molar-refractivity contribution in [3.8, 4) is 0 Å². The van der Waals surface area contributed by atoms with Gasteiger partial charge in [-0.15, -0.1) is 0 Å². The molecular weight excluding hydrogens is 330 g/mol. The van der Waals surface area contributed by atoms with Gasteiger partial charge in [-0.25, -0.2) is 4.39 Å². The summed E-state index contributed by atoms with van der Waals surface area (Å²) in [5.41, 5.74) is 6.51. The van der Waals surface area contributed by atoms with Crippen LogP contribution in [0, 0.1) is 5.82 Å². The molecular formula is C15H13Cl2FN2O2. The van der Waals surface area contributed by atoms with E-state index < -0.39 is 17.8 Å². The average Bonchev–Trinajstić information content (AvgIpc) is 2.44. The van der Waals surface area contributed by atoms with E-state index in [2.05, 4.69) is 5.32 Å². The molecule has 0 aromatic heterocycles. The van der Waals surface area contributed by atoms with E-state index in [4.69, 9.17) is 28.9 Å². The molecule has 0 radical (unpaired) electrons. The van der Waals surface area contributed by atoms with Crippen LogP contribution in [0.15, 0.2) is 36.4 Å². The molecule has 1 amide bonds. The summed E-state index contributed by atoms with van der Waals surface area (Å²) in [5.74, 6) is -0.942. The highest BCUT2D eigenvalue weighted by atomic mass is 35.5. The normalized spacial score (nSPS) is 12.0. The second kappa shape index (κ2) is 6.96. The summed E-state index contributed by atoms with van der Waals surface area (Å²) in [7, 11) is 0. The number of aliphatic hydroxyl groups excluding tert-OH is 1. The van der Waals surface area contributed by atoms with Gasteiger partial charge in [0.25, 0.3) is 0 Å². The van der Waals surface area contributed by atoms with Gasteiger partial charge in [-0.2, -0.15) is 0 Å².